The van der Waals surface area contributed by atoms with Gasteiger partial charge < -0.3 is 73.9 Å². The Hall–Kier alpha value is -6.88. The molecule has 8 N–H and O–H groups in total. The summed E-state index contributed by atoms with van der Waals surface area (Å²) in [4.78, 5) is 98.5. The van der Waals surface area contributed by atoms with Crippen molar-refractivity contribution in [2.24, 2.45) is 28.1 Å². The number of nitrogens with zero attached hydrogens (tertiary/aromatic N) is 14. The largest absolute Gasteiger partial charge is 0.509 e. The van der Waals surface area contributed by atoms with E-state index in [0.29, 0.717) is 63.8 Å². The molecule has 0 radical (unpaired) electrons. The van der Waals surface area contributed by atoms with E-state index in [4.69, 9.17) is 89.9 Å². The molecule has 8 aromatic rings. The monoisotopic (exact) mass is 1710 g/mol. The number of hydrogen-bond acceptors (Lipinski definition) is 41. The number of fused-ring (bicyclic) bond motifs is 8. The van der Waals surface area contributed by atoms with Crippen LogP contribution in [-0.2, 0) is 101 Å². The molecule has 114 heavy (non-hydrogen) atoms. The lowest BCUT2D eigenvalue weighted by molar-refractivity contribution is -0.150. The van der Waals surface area contributed by atoms with Crippen LogP contribution in [0, 0.1) is 41.9 Å². The Morgan fingerprint density at radius 1 is 0.605 bits per heavy atom. The molecule has 4 saturated heterocycles. The number of nitrogens with two attached hydrogens (primary N) is 2. The van der Waals surface area contributed by atoms with E-state index in [1.54, 1.807) is 71.4 Å². The lowest BCUT2D eigenvalue weighted by Gasteiger charge is -2.32. The number of carbonyl (C=O) groups is 2. The maximum atomic E-state index is 15.0. The van der Waals surface area contributed by atoms with Gasteiger partial charge in [-0.25, -0.2) is 72.9 Å². The molecule has 2 spiro atoms. The molecule has 4 aliphatic carbocycles. The minimum absolute atomic E-state index is 0.000334. The van der Waals surface area contributed by atoms with Gasteiger partial charge in [0.25, 0.3) is 11.1 Å². The topological polar surface area (TPSA) is 566 Å². The summed E-state index contributed by atoms with van der Waals surface area (Å²) in [6, 6.07) is -1.53. The van der Waals surface area contributed by atoms with E-state index in [1.807, 2.05) is 0 Å². The van der Waals surface area contributed by atoms with Crippen LogP contribution >= 0.6 is 52.0 Å². The van der Waals surface area contributed by atoms with Gasteiger partial charge in [0.2, 0.25) is 0 Å². The van der Waals surface area contributed by atoms with Crippen molar-refractivity contribution in [3.63, 3.8) is 0 Å². The number of carbonyl (C=O) groups excluding carboxylic acids is 2. The van der Waals surface area contributed by atoms with Crippen LogP contribution in [0.2, 0.25) is 0 Å². The van der Waals surface area contributed by atoms with Crippen LogP contribution in [-0.4, -0.2) is 233 Å². The summed E-state index contributed by atoms with van der Waals surface area (Å²) in [6.07, 6.45) is -7.36. The maximum Gasteiger partial charge on any atom is 0.509 e. The number of rotatable bonds is 17. The Labute approximate surface area is 654 Å². The number of esters is 1. The third kappa shape index (κ3) is 15.3. The zero-order valence-electron chi connectivity index (χ0n) is 63.0. The highest BCUT2D eigenvalue weighted by molar-refractivity contribution is 8.55. The number of aromatic nitrogens is 16. The molecule has 620 valence electrons. The smallest absolute Gasteiger partial charge is 0.454 e. The first kappa shape index (κ1) is 82.2. The summed E-state index contributed by atoms with van der Waals surface area (Å²) in [7, 11) is -6.34. The fraction of sp³-hybridized carbons (Fsp3) is 0.651. The van der Waals surface area contributed by atoms with Crippen LogP contribution < -0.4 is 22.6 Å². The third-order valence-corrected chi connectivity index (χ3v) is 30.6. The number of nitrogen functional groups attached to an aromatic ring is 2. The Bertz CT molecular complexity index is 5320. The van der Waals surface area contributed by atoms with E-state index >= 15 is 0 Å². The minimum atomic E-state index is -4.54. The van der Waals surface area contributed by atoms with E-state index in [9.17, 15) is 47.7 Å². The molecule has 8 aromatic heterocycles. The zero-order chi connectivity index (χ0) is 81.1. The van der Waals surface area contributed by atoms with E-state index in [2.05, 4.69) is 59.8 Å². The molecule has 0 amide bonds. The molecule has 45 nitrogen and oxygen atoms in total. The molecule has 4 bridgehead atoms. The molecular formula is C63H84N18O27P4S2. The quantitative estimate of drug-likeness (QED) is 0.0343. The fourth-order valence-corrected chi connectivity index (χ4v) is 24.2. The summed E-state index contributed by atoms with van der Waals surface area (Å²) in [5.74, 6) is -1.53. The summed E-state index contributed by atoms with van der Waals surface area (Å²) >= 11 is 1.15. The van der Waals surface area contributed by atoms with Gasteiger partial charge in [0, 0.05) is 47.8 Å². The van der Waals surface area contributed by atoms with Crippen molar-refractivity contribution in [3.05, 3.63) is 70.3 Å². The number of phosphoric acid groups is 2. The van der Waals surface area contributed by atoms with Gasteiger partial charge in [-0.3, -0.25) is 68.8 Å². The predicted molar refractivity (Wildman–Crippen MR) is 396 cm³/mol. The molecule has 8 fully saturated rings. The zero-order valence-corrected chi connectivity index (χ0v) is 68.2. The SMILES string of the molecule is CCOP1(=O)OC[C@]23C[C@@H]2[C@@H](n2cnc4c(N)ncnc42)[C@H](O)[C@@H]3OP(=O)(SCOC(=O)C(C)(C)C)OC[C@H]2O[C@@H](n3cnc4c(=O)[nH]c(C)nc43)[C@H](O1)[C@@H]2OC.CCOP1(=O)OC[C@]23C[C@@H]2[C@@H](n2cnc4c(N)ncnc42)[C@H](O)[C@@H]3OP(=O)(SCOC(=O)OC(C)C)OC[C@H]2O[C@@H](n3cnc4c(=O)[nH]c(C)nc43)[C@H](O1)[C@@H]2OC. The number of methoxy groups -OCH3 is 2. The Morgan fingerprint density at radius 3 is 1.42 bits per heavy atom. The van der Waals surface area contributed by atoms with Gasteiger partial charge in [-0.2, -0.15) is 0 Å². The lowest BCUT2D eigenvalue weighted by atomic mass is 9.98. The van der Waals surface area contributed by atoms with Crippen molar-refractivity contribution in [2.45, 2.75) is 167 Å². The van der Waals surface area contributed by atoms with Gasteiger partial charge in [-0.15, -0.1) is 0 Å². The van der Waals surface area contributed by atoms with Gasteiger partial charge in [0.15, 0.2) is 63.7 Å². The Balaban J connectivity index is 0.000000180. The number of aliphatic hydroxyl groups is 2. The normalized spacial score (nSPS) is 35.5. The number of H-pyrrole nitrogens is 2. The number of aryl methyl sites for hydroxylation is 2. The van der Waals surface area contributed by atoms with E-state index in [0.717, 1.165) is 0 Å². The molecule has 22 atom stereocenters. The number of nitrogens with one attached hydrogen (secondary N) is 2. The lowest BCUT2D eigenvalue weighted by Crippen LogP contribution is -2.38. The molecule has 4 aliphatic heterocycles. The van der Waals surface area contributed by atoms with Crippen molar-refractivity contribution < 1.29 is 116 Å². The number of ether oxygens (including phenoxy) is 7. The van der Waals surface area contributed by atoms with Gasteiger partial charge >= 0.3 is 41.4 Å². The number of hydrogen-bond donors (Lipinski definition) is 6. The molecule has 16 rings (SSSR count). The van der Waals surface area contributed by atoms with Crippen LogP contribution in [0.25, 0.3) is 44.7 Å². The fourth-order valence-electron chi connectivity index (χ4n) is 15.6. The summed E-state index contributed by atoms with van der Waals surface area (Å²) in [5, 5.41) is 24.1. The standard InChI is InChI=1S/C32H43N9O13P2S.C31H41N9O14P2S/c1-7-49-55(45)51-10-32-8-16(32)20(40-12-36-18-25(33)34-11-35-26(18)40)21(42)24(32)54-56(46,57-14-48-30(44)31(3,4)5)50-9-17-22(47-6)23(53-55)29(52-17)41-13-37-19-27(41)38-15(2)39-28(19)43;1-6-48-55(44)50-9-31-7-16(31)20(39-11-35-18-25(32)33-10-34-26(18)39)21(41)24(31)54-56(45,57-13-47-30(43)51-14(2)3)49-8-17-22(46-5)23(53-55)29(52-17)40-12-36-19-27(40)37-15(4)38-28(19)42/h11-13,16-17,20-24,29,42H,7-10,14H2,1-6H3,(H2,33,34,35)(H,38,39,43);10-12,14,16-17,20-24,29,41H,6-9,13H2,1-5H3,(H2,32,33,34)(H,37,38,42)/t16-,17-,20-,21+,22-,23-,24+,29-,32-,55?,56?;16-,17-,20-,21+,22-,23-,24+,29-,31-,55?,56?/m11/s1. The third-order valence-electron chi connectivity index (χ3n) is 20.9. The average Bonchev–Trinajstić information content (AvgIpc) is 1.52. The first-order valence-electron chi connectivity index (χ1n) is 36.0. The molecular weight excluding hydrogens is 1630 g/mol. The van der Waals surface area contributed by atoms with E-state index in [-0.39, 0.29) is 66.2 Å². The first-order chi connectivity index (χ1) is 54.2. The highest BCUT2D eigenvalue weighted by atomic mass is 32.7. The Morgan fingerprint density at radius 2 is 1.02 bits per heavy atom. The number of aromatic amines is 2. The van der Waals surface area contributed by atoms with Crippen molar-refractivity contribution >= 4 is 120 Å². The van der Waals surface area contributed by atoms with Crippen LogP contribution in [0.15, 0.2) is 47.6 Å². The number of anilines is 2. The van der Waals surface area contributed by atoms with Crippen LogP contribution in [0.3, 0.4) is 0 Å². The Kier molecular flexibility index (Phi) is 22.7. The maximum absolute atomic E-state index is 15.0. The highest BCUT2D eigenvalue weighted by Crippen LogP contribution is 2.77. The summed E-state index contributed by atoms with van der Waals surface area (Å²) < 4.78 is 167. The number of imidazole rings is 4. The second kappa shape index (κ2) is 31.4. The first-order valence-corrected chi connectivity index (χ1v) is 45.2. The number of aliphatic hydroxyl groups excluding tert-OH is 2. The van der Waals surface area contributed by atoms with Gasteiger partial charge in [-0.05, 0) is 87.0 Å². The van der Waals surface area contributed by atoms with Crippen molar-refractivity contribution in [2.75, 3.05) is 77.2 Å². The molecule has 0 aromatic carbocycles. The van der Waals surface area contributed by atoms with Gasteiger partial charge in [0.05, 0.1) is 88.6 Å². The second-order valence-corrected chi connectivity index (χ2v) is 40.6. The highest BCUT2D eigenvalue weighted by Gasteiger charge is 2.76. The van der Waals surface area contributed by atoms with Crippen LogP contribution in [0.4, 0.5) is 16.4 Å². The molecule has 4 unspecified atom stereocenters. The summed E-state index contributed by atoms with van der Waals surface area (Å²) in [6.45, 7) is 3.96. The van der Waals surface area contributed by atoms with Gasteiger partial charge in [0.1, 0.15) is 102 Å². The van der Waals surface area contributed by atoms with Gasteiger partial charge in [-0.1, -0.05) is 0 Å². The molecule has 51 heteroatoms. The van der Waals surface area contributed by atoms with Crippen LogP contribution in [0.5, 0.6) is 0 Å². The van der Waals surface area contributed by atoms with Crippen molar-refractivity contribution in [1.82, 2.24) is 78.1 Å². The van der Waals surface area contributed by atoms with E-state index in [1.165, 1.54) is 61.3 Å². The number of phosphoric ester groups is 2. The minimum Gasteiger partial charge on any atom is -0.454 e. The van der Waals surface area contributed by atoms with Crippen LogP contribution in [0.1, 0.15) is 97.5 Å². The molecule has 8 aliphatic rings. The molecule has 4 saturated carbocycles. The average molecular weight is 1710 g/mol. The van der Waals surface area contributed by atoms with Crippen molar-refractivity contribution in [1.29, 1.82) is 0 Å². The summed E-state index contributed by atoms with van der Waals surface area (Å²) in [5.41, 5.74) is 9.59. The van der Waals surface area contributed by atoms with E-state index < -0.39 is 197 Å². The molecule has 12 heterocycles. The second-order valence-electron chi connectivity index (χ2n) is 29.4. The van der Waals surface area contributed by atoms with Crippen molar-refractivity contribution in [3.8, 4) is 0 Å². The predicted octanol–water partition coefficient (Wildman–Crippen LogP) is 6.04.